The fourth-order valence-corrected chi connectivity index (χ4v) is 3.38. The number of para-hydroxylation sites is 2. The van der Waals surface area contributed by atoms with Crippen LogP contribution >= 0.6 is 11.6 Å². The zero-order valence-electron chi connectivity index (χ0n) is 15.8. The van der Waals surface area contributed by atoms with Gasteiger partial charge in [0.1, 0.15) is 0 Å². The van der Waals surface area contributed by atoms with Gasteiger partial charge in [0.15, 0.2) is 0 Å². The Morgan fingerprint density at radius 1 is 0.828 bits per heavy atom. The number of anilines is 4. The molecule has 1 saturated heterocycles. The number of nitrogens with zero attached hydrogens (tertiary/aromatic N) is 4. The highest BCUT2D eigenvalue weighted by Gasteiger charge is 2.19. The third-order valence-electron chi connectivity index (χ3n) is 4.70. The first-order valence-electron chi connectivity index (χ1n) is 9.38. The molecule has 148 valence electrons. The van der Waals surface area contributed by atoms with Crippen molar-refractivity contribution in [2.75, 3.05) is 46.6 Å². The van der Waals surface area contributed by atoms with Gasteiger partial charge in [0.25, 0.3) is 0 Å². The Labute approximate surface area is 174 Å². The summed E-state index contributed by atoms with van der Waals surface area (Å²) >= 11 is 6.05. The Kier molecular flexibility index (Phi) is 5.76. The van der Waals surface area contributed by atoms with Crippen LogP contribution in [0.2, 0.25) is 5.02 Å². The zero-order chi connectivity index (χ0) is 20.1. The summed E-state index contributed by atoms with van der Waals surface area (Å²) in [6.45, 7) is 3.50. The molecule has 8 heteroatoms. The van der Waals surface area contributed by atoms with Crippen LogP contribution in [0.25, 0.3) is 0 Å². The summed E-state index contributed by atoms with van der Waals surface area (Å²) in [6.07, 6.45) is 3.22. The van der Waals surface area contributed by atoms with Crippen molar-refractivity contribution in [3.8, 4) is 0 Å². The molecule has 0 atom stereocenters. The Morgan fingerprint density at radius 2 is 1.45 bits per heavy atom. The van der Waals surface area contributed by atoms with E-state index in [1.807, 2.05) is 6.07 Å². The van der Waals surface area contributed by atoms with Crippen molar-refractivity contribution in [1.82, 2.24) is 9.97 Å². The van der Waals surface area contributed by atoms with E-state index in [-0.39, 0.29) is 0 Å². The first-order chi connectivity index (χ1) is 14.2. The number of carbonyl (C=O) groups is 1. The minimum Gasteiger partial charge on any atom is -0.368 e. The van der Waals surface area contributed by atoms with E-state index in [1.54, 1.807) is 36.7 Å². The molecule has 1 fully saturated rings. The molecule has 1 aromatic heterocycles. The summed E-state index contributed by atoms with van der Waals surface area (Å²) in [5.74, 6) is 0.662. The van der Waals surface area contributed by atoms with Crippen molar-refractivity contribution in [1.29, 1.82) is 0 Å². The molecule has 1 aliphatic rings. The highest BCUT2D eigenvalue weighted by Crippen LogP contribution is 2.21. The molecule has 2 aromatic carbocycles. The quantitative estimate of drug-likeness (QED) is 0.679. The minimum atomic E-state index is -0.397. The lowest BCUT2D eigenvalue weighted by Crippen LogP contribution is -2.47. The highest BCUT2D eigenvalue weighted by atomic mass is 35.5. The van der Waals surface area contributed by atoms with Crippen molar-refractivity contribution in [2.24, 2.45) is 0 Å². The van der Waals surface area contributed by atoms with Gasteiger partial charge in [0.05, 0.1) is 28.8 Å². The highest BCUT2D eigenvalue weighted by molar-refractivity contribution is 6.33. The van der Waals surface area contributed by atoms with Gasteiger partial charge in [0, 0.05) is 31.9 Å². The van der Waals surface area contributed by atoms with Crippen molar-refractivity contribution in [3.05, 3.63) is 72.0 Å². The molecule has 4 rings (SSSR count). The van der Waals surface area contributed by atoms with Crippen LogP contribution in [0.15, 0.2) is 67.0 Å². The lowest BCUT2D eigenvalue weighted by atomic mass is 10.2. The van der Waals surface area contributed by atoms with Gasteiger partial charge >= 0.3 is 6.03 Å². The topological polar surface area (TPSA) is 73.4 Å². The number of amides is 2. The normalized spacial score (nSPS) is 13.8. The van der Waals surface area contributed by atoms with Gasteiger partial charge in [-0.15, -0.1) is 0 Å². The van der Waals surface area contributed by atoms with Crippen LogP contribution < -0.4 is 20.4 Å². The predicted octanol–water partition coefficient (Wildman–Crippen LogP) is 4.10. The van der Waals surface area contributed by atoms with Crippen LogP contribution in [-0.2, 0) is 0 Å². The van der Waals surface area contributed by atoms with Gasteiger partial charge in [0.2, 0.25) is 5.95 Å². The Morgan fingerprint density at radius 3 is 2.14 bits per heavy atom. The van der Waals surface area contributed by atoms with E-state index in [2.05, 4.69) is 54.7 Å². The van der Waals surface area contributed by atoms with Gasteiger partial charge in [-0.25, -0.2) is 14.8 Å². The van der Waals surface area contributed by atoms with Gasteiger partial charge < -0.3 is 20.4 Å². The number of benzene rings is 2. The molecule has 3 aromatic rings. The Balaban J connectivity index is 1.31. The first kappa shape index (κ1) is 19.0. The maximum atomic E-state index is 12.1. The second-order valence-electron chi connectivity index (χ2n) is 6.64. The molecule has 2 amide bonds. The SMILES string of the molecule is O=C(Nc1cnc(N2CCN(c3ccccc3)CC2)nc1)Nc1ccccc1Cl. The van der Waals surface area contributed by atoms with Crippen molar-refractivity contribution in [3.63, 3.8) is 0 Å². The lowest BCUT2D eigenvalue weighted by molar-refractivity contribution is 0.262. The molecular formula is C21H21ClN6O. The van der Waals surface area contributed by atoms with Crippen LogP contribution in [0.5, 0.6) is 0 Å². The average Bonchev–Trinajstić information content (AvgIpc) is 2.77. The molecular weight excluding hydrogens is 388 g/mol. The van der Waals surface area contributed by atoms with E-state index >= 15 is 0 Å². The van der Waals surface area contributed by atoms with E-state index in [0.29, 0.717) is 22.3 Å². The molecule has 1 aliphatic heterocycles. The number of rotatable bonds is 4. The second-order valence-corrected chi connectivity index (χ2v) is 7.05. The Bertz CT molecular complexity index is 958. The first-order valence-corrected chi connectivity index (χ1v) is 9.76. The maximum Gasteiger partial charge on any atom is 0.323 e. The summed E-state index contributed by atoms with van der Waals surface area (Å²) < 4.78 is 0. The molecule has 7 nitrogen and oxygen atoms in total. The molecule has 0 radical (unpaired) electrons. The molecule has 0 bridgehead atoms. The molecule has 0 unspecified atom stereocenters. The van der Waals surface area contributed by atoms with Gasteiger partial charge in [-0.05, 0) is 24.3 Å². The van der Waals surface area contributed by atoms with Crippen molar-refractivity contribution in [2.45, 2.75) is 0 Å². The fraction of sp³-hybridized carbons (Fsp3) is 0.190. The third-order valence-corrected chi connectivity index (χ3v) is 5.03. The van der Waals surface area contributed by atoms with E-state index in [9.17, 15) is 4.79 Å². The summed E-state index contributed by atoms with van der Waals surface area (Å²) in [5, 5.41) is 5.90. The van der Waals surface area contributed by atoms with Crippen LogP contribution in [0.3, 0.4) is 0 Å². The van der Waals surface area contributed by atoms with Crippen molar-refractivity contribution < 1.29 is 4.79 Å². The maximum absolute atomic E-state index is 12.1. The number of urea groups is 1. The largest absolute Gasteiger partial charge is 0.368 e. The smallest absolute Gasteiger partial charge is 0.323 e. The molecule has 2 N–H and O–H groups in total. The van der Waals surface area contributed by atoms with Crippen LogP contribution in [0, 0.1) is 0 Å². The number of halogens is 1. The summed E-state index contributed by atoms with van der Waals surface area (Å²) in [6, 6.07) is 17.0. The summed E-state index contributed by atoms with van der Waals surface area (Å²) in [4.78, 5) is 25.4. The summed E-state index contributed by atoms with van der Waals surface area (Å²) in [5.41, 5.74) is 2.29. The standard InChI is InChI=1S/C21H21ClN6O/c22-18-8-4-5-9-19(18)26-21(29)25-16-14-23-20(24-15-16)28-12-10-27(11-13-28)17-6-2-1-3-7-17/h1-9,14-15H,10-13H2,(H2,25,26,29). The van der Waals surface area contributed by atoms with E-state index < -0.39 is 6.03 Å². The van der Waals surface area contributed by atoms with E-state index in [0.717, 1.165) is 26.2 Å². The van der Waals surface area contributed by atoms with Gasteiger partial charge in [-0.1, -0.05) is 41.9 Å². The summed E-state index contributed by atoms with van der Waals surface area (Å²) in [7, 11) is 0. The number of carbonyl (C=O) groups excluding carboxylic acids is 1. The van der Waals surface area contributed by atoms with E-state index in [4.69, 9.17) is 11.6 Å². The lowest BCUT2D eigenvalue weighted by Gasteiger charge is -2.36. The second kappa shape index (κ2) is 8.79. The Hall–Kier alpha value is -3.32. The molecule has 0 aliphatic carbocycles. The van der Waals surface area contributed by atoms with Crippen molar-refractivity contribution >= 4 is 40.6 Å². The number of aromatic nitrogens is 2. The van der Waals surface area contributed by atoms with Crippen LogP contribution in [0.1, 0.15) is 0 Å². The molecule has 2 heterocycles. The number of hydrogen-bond donors (Lipinski definition) is 2. The third kappa shape index (κ3) is 4.75. The monoisotopic (exact) mass is 408 g/mol. The predicted molar refractivity (Wildman–Crippen MR) is 117 cm³/mol. The molecule has 0 saturated carbocycles. The minimum absolute atomic E-state index is 0.397. The van der Waals surface area contributed by atoms with Crippen LogP contribution in [-0.4, -0.2) is 42.2 Å². The zero-order valence-corrected chi connectivity index (χ0v) is 16.5. The number of hydrogen-bond acceptors (Lipinski definition) is 5. The fourth-order valence-electron chi connectivity index (χ4n) is 3.20. The van der Waals surface area contributed by atoms with Gasteiger partial charge in [-0.3, -0.25) is 0 Å². The number of nitrogens with one attached hydrogen (secondary N) is 2. The molecule has 0 spiro atoms. The molecule has 29 heavy (non-hydrogen) atoms. The van der Waals surface area contributed by atoms with Crippen LogP contribution in [0.4, 0.5) is 27.8 Å². The number of piperazine rings is 1. The van der Waals surface area contributed by atoms with E-state index in [1.165, 1.54) is 5.69 Å². The van der Waals surface area contributed by atoms with Gasteiger partial charge in [-0.2, -0.15) is 0 Å². The average molecular weight is 409 g/mol.